The second kappa shape index (κ2) is 4.57. The Hall–Kier alpha value is -1.92. The SMILES string of the molecule is NC1C(=O)N(Cc2ccc(Cl)o2)c2cc(F)cc(F)c21. The highest BCUT2D eigenvalue weighted by Gasteiger charge is 2.38. The summed E-state index contributed by atoms with van der Waals surface area (Å²) < 4.78 is 32.2. The van der Waals surface area contributed by atoms with Crippen molar-refractivity contribution in [2.75, 3.05) is 4.90 Å². The van der Waals surface area contributed by atoms with Crippen LogP contribution in [-0.4, -0.2) is 5.91 Å². The van der Waals surface area contributed by atoms with Crippen LogP contribution in [0.25, 0.3) is 0 Å². The molecule has 1 unspecified atom stereocenters. The summed E-state index contributed by atoms with van der Waals surface area (Å²) in [6.07, 6.45) is 0. The van der Waals surface area contributed by atoms with Crippen LogP contribution in [0.2, 0.25) is 5.22 Å². The lowest BCUT2D eigenvalue weighted by Crippen LogP contribution is -2.31. The number of rotatable bonds is 2. The van der Waals surface area contributed by atoms with Crippen molar-refractivity contribution < 1.29 is 18.0 Å². The Balaban J connectivity index is 2.03. The standard InChI is InChI=1S/C13H9ClF2N2O2/c14-10-2-1-7(20-10)5-18-9-4-6(15)3-8(16)11(9)12(17)13(18)19/h1-4,12H,5,17H2. The van der Waals surface area contributed by atoms with E-state index in [1.165, 1.54) is 11.0 Å². The molecule has 1 aliphatic heterocycles. The van der Waals surface area contributed by atoms with Gasteiger partial charge in [0.05, 0.1) is 12.2 Å². The van der Waals surface area contributed by atoms with Crippen LogP contribution in [-0.2, 0) is 11.3 Å². The molecule has 104 valence electrons. The first-order valence-electron chi connectivity index (χ1n) is 5.77. The van der Waals surface area contributed by atoms with E-state index in [2.05, 4.69) is 0 Å². The lowest BCUT2D eigenvalue weighted by atomic mass is 10.1. The van der Waals surface area contributed by atoms with Gasteiger partial charge in [-0.25, -0.2) is 8.78 Å². The van der Waals surface area contributed by atoms with Gasteiger partial charge < -0.3 is 15.1 Å². The van der Waals surface area contributed by atoms with Gasteiger partial charge in [0.1, 0.15) is 23.4 Å². The van der Waals surface area contributed by atoms with Crippen LogP contribution >= 0.6 is 11.6 Å². The lowest BCUT2D eigenvalue weighted by Gasteiger charge is -2.16. The number of furan rings is 1. The van der Waals surface area contributed by atoms with Crippen molar-refractivity contribution in [1.29, 1.82) is 0 Å². The summed E-state index contributed by atoms with van der Waals surface area (Å²) in [7, 11) is 0. The Labute approximate surface area is 117 Å². The van der Waals surface area contributed by atoms with Gasteiger partial charge >= 0.3 is 0 Å². The molecular weight excluding hydrogens is 290 g/mol. The van der Waals surface area contributed by atoms with E-state index >= 15 is 0 Å². The van der Waals surface area contributed by atoms with E-state index < -0.39 is 23.6 Å². The van der Waals surface area contributed by atoms with Gasteiger partial charge in [0.15, 0.2) is 5.22 Å². The van der Waals surface area contributed by atoms with Gasteiger partial charge in [0.25, 0.3) is 0 Å². The molecule has 1 aromatic carbocycles. The highest BCUT2D eigenvalue weighted by molar-refractivity contribution is 6.28. The molecular formula is C13H9ClF2N2O2. The zero-order valence-corrected chi connectivity index (χ0v) is 10.8. The first kappa shape index (κ1) is 13.1. The molecule has 1 aliphatic rings. The molecule has 0 radical (unpaired) electrons. The molecule has 1 amide bonds. The quantitative estimate of drug-likeness (QED) is 0.927. The van der Waals surface area contributed by atoms with Gasteiger partial charge in [-0.05, 0) is 29.8 Å². The predicted octanol–water partition coefficient (Wildman–Crippen LogP) is 2.76. The molecule has 4 nitrogen and oxygen atoms in total. The highest BCUT2D eigenvalue weighted by Crippen LogP contribution is 2.38. The molecule has 1 aromatic heterocycles. The summed E-state index contributed by atoms with van der Waals surface area (Å²) in [6, 6.07) is 3.74. The van der Waals surface area contributed by atoms with E-state index in [4.69, 9.17) is 21.8 Å². The number of nitrogens with two attached hydrogens (primary N) is 1. The van der Waals surface area contributed by atoms with E-state index in [-0.39, 0.29) is 23.0 Å². The zero-order chi connectivity index (χ0) is 14.4. The van der Waals surface area contributed by atoms with Gasteiger partial charge in [-0.1, -0.05) is 0 Å². The summed E-state index contributed by atoms with van der Waals surface area (Å²) >= 11 is 5.65. The van der Waals surface area contributed by atoms with Crippen molar-refractivity contribution >= 4 is 23.2 Å². The summed E-state index contributed by atoms with van der Waals surface area (Å²) in [5.74, 6) is -1.73. The average Bonchev–Trinajstić information content (AvgIpc) is 2.87. The fourth-order valence-electron chi connectivity index (χ4n) is 2.27. The topological polar surface area (TPSA) is 59.5 Å². The molecule has 0 fully saturated rings. The number of carbonyl (C=O) groups excluding carboxylic acids is 1. The number of anilines is 1. The van der Waals surface area contributed by atoms with Crippen LogP contribution in [0, 0.1) is 11.6 Å². The minimum absolute atomic E-state index is 0.00551. The minimum Gasteiger partial charge on any atom is -0.448 e. The molecule has 0 saturated carbocycles. The lowest BCUT2D eigenvalue weighted by molar-refractivity contribution is -0.119. The van der Waals surface area contributed by atoms with Gasteiger partial charge in [-0.2, -0.15) is 0 Å². The second-order valence-electron chi connectivity index (χ2n) is 4.43. The number of hydrogen-bond donors (Lipinski definition) is 1. The van der Waals surface area contributed by atoms with Crippen LogP contribution in [0.1, 0.15) is 17.4 Å². The normalized spacial score (nSPS) is 17.7. The Morgan fingerprint density at radius 3 is 2.75 bits per heavy atom. The first-order chi connectivity index (χ1) is 9.47. The molecule has 3 rings (SSSR count). The molecule has 0 saturated heterocycles. The number of halogens is 3. The molecule has 0 aliphatic carbocycles. The van der Waals surface area contributed by atoms with Gasteiger partial charge in [0, 0.05) is 11.6 Å². The Morgan fingerprint density at radius 2 is 2.10 bits per heavy atom. The van der Waals surface area contributed by atoms with Crippen LogP contribution in [0.5, 0.6) is 0 Å². The van der Waals surface area contributed by atoms with Crippen LogP contribution in [0.15, 0.2) is 28.7 Å². The van der Waals surface area contributed by atoms with Crippen molar-refractivity contribution in [3.8, 4) is 0 Å². The minimum atomic E-state index is -1.14. The summed E-state index contributed by atoms with van der Waals surface area (Å²) in [5.41, 5.74) is 5.79. The number of hydrogen-bond acceptors (Lipinski definition) is 3. The first-order valence-corrected chi connectivity index (χ1v) is 6.15. The predicted molar refractivity (Wildman–Crippen MR) is 68.2 cm³/mol. The van der Waals surface area contributed by atoms with E-state index in [0.717, 1.165) is 6.07 Å². The van der Waals surface area contributed by atoms with E-state index in [9.17, 15) is 13.6 Å². The summed E-state index contributed by atoms with van der Waals surface area (Å²) in [4.78, 5) is 13.3. The monoisotopic (exact) mass is 298 g/mol. The molecule has 0 spiro atoms. The molecule has 7 heteroatoms. The Bertz CT molecular complexity index is 702. The average molecular weight is 299 g/mol. The number of amides is 1. The van der Waals surface area contributed by atoms with Crippen LogP contribution < -0.4 is 10.6 Å². The molecule has 2 aromatic rings. The Kier molecular flexibility index (Phi) is 2.99. The summed E-state index contributed by atoms with van der Waals surface area (Å²) in [6.45, 7) is 0.00907. The van der Waals surface area contributed by atoms with E-state index in [1.807, 2.05) is 0 Å². The molecule has 2 heterocycles. The van der Waals surface area contributed by atoms with Gasteiger partial charge in [-0.3, -0.25) is 4.79 Å². The van der Waals surface area contributed by atoms with Crippen molar-refractivity contribution in [2.24, 2.45) is 5.73 Å². The van der Waals surface area contributed by atoms with Crippen LogP contribution in [0.3, 0.4) is 0 Å². The van der Waals surface area contributed by atoms with Crippen molar-refractivity contribution in [3.63, 3.8) is 0 Å². The Morgan fingerprint density at radius 1 is 1.35 bits per heavy atom. The third-order valence-corrected chi connectivity index (χ3v) is 3.35. The molecule has 20 heavy (non-hydrogen) atoms. The number of nitrogens with zero attached hydrogens (tertiary/aromatic N) is 1. The van der Waals surface area contributed by atoms with Crippen molar-refractivity contribution in [3.05, 3.63) is 52.4 Å². The summed E-state index contributed by atoms with van der Waals surface area (Å²) in [5, 5.41) is 0.168. The largest absolute Gasteiger partial charge is 0.448 e. The van der Waals surface area contributed by atoms with Gasteiger partial charge in [-0.15, -0.1) is 0 Å². The number of fused-ring (bicyclic) bond motifs is 1. The zero-order valence-electron chi connectivity index (χ0n) is 10.1. The smallest absolute Gasteiger partial charge is 0.249 e. The van der Waals surface area contributed by atoms with E-state index in [1.54, 1.807) is 6.07 Å². The van der Waals surface area contributed by atoms with Crippen LogP contribution in [0.4, 0.5) is 14.5 Å². The van der Waals surface area contributed by atoms with Gasteiger partial charge in [0.2, 0.25) is 5.91 Å². The molecule has 0 bridgehead atoms. The van der Waals surface area contributed by atoms with E-state index in [0.29, 0.717) is 11.8 Å². The molecule has 1 atom stereocenters. The fraction of sp³-hybridized carbons (Fsp3) is 0.154. The number of carbonyl (C=O) groups is 1. The maximum atomic E-state index is 13.7. The third kappa shape index (κ3) is 1.97. The third-order valence-electron chi connectivity index (χ3n) is 3.15. The maximum Gasteiger partial charge on any atom is 0.249 e. The van der Waals surface area contributed by atoms with Crippen molar-refractivity contribution in [2.45, 2.75) is 12.6 Å². The fourth-order valence-corrected chi connectivity index (χ4v) is 2.43. The molecule has 2 N–H and O–H groups in total. The van der Waals surface area contributed by atoms with Crippen molar-refractivity contribution in [1.82, 2.24) is 0 Å². The maximum absolute atomic E-state index is 13.7. The second-order valence-corrected chi connectivity index (χ2v) is 4.80. The highest BCUT2D eigenvalue weighted by atomic mass is 35.5. The number of benzene rings is 1.